The number of benzene rings is 2. The summed E-state index contributed by atoms with van der Waals surface area (Å²) < 4.78 is 5.18. The Morgan fingerprint density at radius 1 is 1.21 bits per heavy atom. The van der Waals surface area contributed by atoms with Gasteiger partial charge < -0.3 is 9.64 Å². The third kappa shape index (κ3) is 4.81. The third-order valence-corrected chi connectivity index (χ3v) is 5.52. The molecule has 0 spiro atoms. The first-order valence-electron chi connectivity index (χ1n) is 9.34. The van der Waals surface area contributed by atoms with Crippen LogP contribution in [0.1, 0.15) is 35.2 Å². The van der Waals surface area contributed by atoms with Crippen molar-refractivity contribution in [2.45, 2.75) is 25.7 Å². The number of carbonyl (C=O) groups is 1. The van der Waals surface area contributed by atoms with E-state index in [4.69, 9.17) is 16.3 Å². The second-order valence-corrected chi connectivity index (χ2v) is 7.48. The van der Waals surface area contributed by atoms with Crippen LogP contribution in [0.25, 0.3) is 0 Å². The number of likely N-dealkylation sites (tertiary alicyclic amines) is 1. The Morgan fingerprint density at radius 2 is 1.89 bits per heavy atom. The number of aryl methyl sites for hydroxylation is 1. The SMILES string of the molecule is COc1ccc(CCC2CCN(C(=O)c3ccc(Cl)cc3[N+](=O)[O-])CC2)cc1. The molecule has 1 aliphatic heterocycles. The Hall–Kier alpha value is -2.60. The van der Waals surface area contributed by atoms with E-state index in [0.29, 0.717) is 19.0 Å². The zero-order chi connectivity index (χ0) is 20.1. The Morgan fingerprint density at radius 3 is 2.50 bits per heavy atom. The highest BCUT2D eigenvalue weighted by Gasteiger charge is 2.28. The van der Waals surface area contributed by atoms with Crippen LogP contribution in [-0.4, -0.2) is 35.9 Å². The summed E-state index contributed by atoms with van der Waals surface area (Å²) in [5.41, 5.74) is 1.14. The average molecular weight is 403 g/mol. The minimum absolute atomic E-state index is 0.103. The molecule has 0 saturated carbocycles. The van der Waals surface area contributed by atoms with Crippen molar-refractivity contribution >= 4 is 23.2 Å². The van der Waals surface area contributed by atoms with Crippen LogP contribution in [0.3, 0.4) is 0 Å². The number of methoxy groups -OCH3 is 1. The predicted molar refractivity (Wildman–Crippen MR) is 108 cm³/mol. The van der Waals surface area contributed by atoms with E-state index in [1.54, 1.807) is 12.0 Å². The number of carbonyl (C=O) groups excluding carboxylic acids is 1. The number of hydrogen-bond donors (Lipinski definition) is 0. The average Bonchev–Trinajstić information content (AvgIpc) is 2.72. The van der Waals surface area contributed by atoms with Crippen molar-refractivity contribution in [2.75, 3.05) is 20.2 Å². The molecular formula is C21H23ClN2O4. The molecule has 1 amide bonds. The Bertz CT molecular complexity index is 846. The molecule has 0 aliphatic carbocycles. The van der Waals surface area contributed by atoms with Crippen molar-refractivity contribution in [1.29, 1.82) is 0 Å². The van der Waals surface area contributed by atoms with E-state index < -0.39 is 4.92 Å². The lowest BCUT2D eigenvalue weighted by Crippen LogP contribution is -2.38. The summed E-state index contributed by atoms with van der Waals surface area (Å²) in [5, 5.41) is 11.5. The first kappa shape index (κ1) is 20.1. The summed E-state index contributed by atoms with van der Waals surface area (Å²) in [6.45, 7) is 1.23. The molecule has 0 unspecified atom stereocenters. The van der Waals surface area contributed by atoms with Gasteiger partial charge in [0.15, 0.2) is 0 Å². The van der Waals surface area contributed by atoms with Gasteiger partial charge >= 0.3 is 0 Å². The number of nitro groups is 1. The van der Waals surface area contributed by atoms with Crippen molar-refractivity contribution in [3.05, 3.63) is 68.7 Å². The van der Waals surface area contributed by atoms with Crippen LogP contribution in [0.5, 0.6) is 5.75 Å². The molecule has 2 aromatic carbocycles. The first-order chi connectivity index (χ1) is 13.5. The molecule has 0 N–H and O–H groups in total. The van der Waals surface area contributed by atoms with Gasteiger partial charge in [-0.1, -0.05) is 23.7 Å². The van der Waals surface area contributed by atoms with Crippen LogP contribution in [0.2, 0.25) is 5.02 Å². The number of halogens is 1. The van der Waals surface area contributed by atoms with E-state index in [2.05, 4.69) is 12.1 Å². The third-order valence-electron chi connectivity index (χ3n) is 5.29. The van der Waals surface area contributed by atoms with E-state index in [-0.39, 0.29) is 22.2 Å². The predicted octanol–water partition coefficient (Wildman–Crippen LogP) is 4.74. The fourth-order valence-corrected chi connectivity index (χ4v) is 3.76. The maximum absolute atomic E-state index is 12.7. The van der Waals surface area contributed by atoms with Gasteiger partial charge in [0.1, 0.15) is 11.3 Å². The minimum Gasteiger partial charge on any atom is -0.497 e. The fourth-order valence-electron chi connectivity index (χ4n) is 3.59. The molecule has 3 rings (SSSR count). The maximum atomic E-state index is 12.7. The molecule has 7 heteroatoms. The van der Waals surface area contributed by atoms with Crippen LogP contribution in [0.4, 0.5) is 5.69 Å². The zero-order valence-corrected chi connectivity index (χ0v) is 16.5. The van der Waals surface area contributed by atoms with E-state index in [1.807, 2.05) is 12.1 Å². The van der Waals surface area contributed by atoms with Gasteiger partial charge in [0.25, 0.3) is 11.6 Å². The van der Waals surface area contributed by atoms with Crippen LogP contribution in [0.15, 0.2) is 42.5 Å². The summed E-state index contributed by atoms with van der Waals surface area (Å²) >= 11 is 5.84. The number of piperidine rings is 1. The summed E-state index contributed by atoms with van der Waals surface area (Å²) in [6, 6.07) is 12.3. The van der Waals surface area contributed by atoms with Crippen LogP contribution < -0.4 is 4.74 Å². The molecule has 1 aliphatic rings. The quantitative estimate of drug-likeness (QED) is 0.516. The van der Waals surface area contributed by atoms with Crippen LogP contribution in [0, 0.1) is 16.0 Å². The van der Waals surface area contributed by atoms with E-state index >= 15 is 0 Å². The topological polar surface area (TPSA) is 72.7 Å². The van der Waals surface area contributed by atoms with Gasteiger partial charge in [-0.2, -0.15) is 0 Å². The molecule has 2 aromatic rings. The lowest BCUT2D eigenvalue weighted by atomic mass is 9.90. The number of amides is 1. The summed E-state index contributed by atoms with van der Waals surface area (Å²) in [7, 11) is 1.66. The molecule has 0 bridgehead atoms. The molecule has 1 fully saturated rings. The summed E-state index contributed by atoms with van der Waals surface area (Å²) in [5.74, 6) is 1.11. The maximum Gasteiger partial charge on any atom is 0.283 e. The van der Waals surface area contributed by atoms with Crippen molar-refractivity contribution in [1.82, 2.24) is 4.90 Å². The summed E-state index contributed by atoms with van der Waals surface area (Å²) in [4.78, 5) is 25.1. The van der Waals surface area contributed by atoms with E-state index in [1.165, 1.54) is 23.8 Å². The highest BCUT2D eigenvalue weighted by Crippen LogP contribution is 2.28. The fraction of sp³-hybridized carbons (Fsp3) is 0.381. The number of ether oxygens (including phenoxy) is 1. The number of rotatable bonds is 6. The lowest BCUT2D eigenvalue weighted by Gasteiger charge is -2.32. The van der Waals surface area contributed by atoms with Gasteiger partial charge in [0.05, 0.1) is 12.0 Å². The molecule has 1 heterocycles. The first-order valence-corrected chi connectivity index (χ1v) is 9.72. The smallest absolute Gasteiger partial charge is 0.283 e. The molecule has 0 aromatic heterocycles. The highest BCUT2D eigenvalue weighted by atomic mass is 35.5. The molecule has 0 radical (unpaired) electrons. The van der Waals surface area contributed by atoms with Gasteiger partial charge in [0.2, 0.25) is 0 Å². The van der Waals surface area contributed by atoms with Gasteiger partial charge in [0, 0.05) is 24.2 Å². The molecule has 28 heavy (non-hydrogen) atoms. The Kier molecular flexibility index (Phi) is 6.52. The molecule has 148 valence electrons. The van der Waals surface area contributed by atoms with Gasteiger partial charge in [-0.05, 0) is 61.4 Å². The highest BCUT2D eigenvalue weighted by molar-refractivity contribution is 6.31. The standard InChI is InChI=1S/C21H23ClN2O4/c1-28-18-7-4-15(5-8-18)2-3-16-10-12-23(13-11-16)21(25)19-9-6-17(22)14-20(19)24(26)27/h4-9,14,16H,2-3,10-13H2,1H3. The normalized spacial score (nSPS) is 14.7. The largest absolute Gasteiger partial charge is 0.497 e. The van der Waals surface area contributed by atoms with Crippen molar-refractivity contribution in [3.8, 4) is 5.75 Å². The van der Waals surface area contributed by atoms with Crippen molar-refractivity contribution < 1.29 is 14.5 Å². The number of nitro benzene ring substituents is 1. The number of nitrogens with zero attached hydrogens (tertiary/aromatic N) is 2. The molecule has 0 atom stereocenters. The van der Waals surface area contributed by atoms with E-state index in [9.17, 15) is 14.9 Å². The van der Waals surface area contributed by atoms with Gasteiger partial charge in [-0.15, -0.1) is 0 Å². The van der Waals surface area contributed by atoms with Crippen LogP contribution >= 0.6 is 11.6 Å². The summed E-state index contributed by atoms with van der Waals surface area (Å²) in [6.07, 6.45) is 3.87. The minimum atomic E-state index is -0.555. The Labute approximate surface area is 169 Å². The van der Waals surface area contributed by atoms with Crippen molar-refractivity contribution in [3.63, 3.8) is 0 Å². The van der Waals surface area contributed by atoms with Crippen molar-refractivity contribution in [2.24, 2.45) is 5.92 Å². The second kappa shape index (κ2) is 9.06. The molecule has 1 saturated heterocycles. The van der Waals surface area contributed by atoms with Gasteiger partial charge in [-0.3, -0.25) is 14.9 Å². The van der Waals surface area contributed by atoms with E-state index in [0.717, 1.165) is 31.4 Å². The second-order valence-electron chi connectivity index (χ2n) is 7.04. The van der Waals surface area contributed by atoms with Gasteiger partial charge in [-0.25, -0.2) is 0 Å². The monoisotopic (exact) mass is 402 g/mol. The lowest BCUT2D eigenvalue weighted by molar-refractivity contribution is -0.385. The Balaban J connectivity index is 1.55. The molecular weight excluding hydrogens is 380 g/mol. The van der Waals surface area contributed by atoms with Crippen LogP contribution in [-0.2, 0) is 6.42 Å². The molecule has 6 nitrogen and oxygen atoms in total. The number of hydrogen-bond acceptors (Lipinski definition) is 4. The zero-order valence-electron chi connectivity index (χ0n) is 15.8.